The molecule has 0 spiro atoms. The van der Waals surface area contributed by atoms with Gasteiger partial charge in [0.25, 0.3) is 5.56 Å². The molecule has 0 aromatic carbocycles. The third-order valence-corrected chi connectivity index (χ3v) is 3.82. The van der Waals surface area contributed by atoms with Gasteiger partial charge in [0.15, 0.2) is 0 Å². The van der Waals surface area contributed by atoms with Crippen LogP contribution in [0.15, 0.2) is 29.3 Å². The van der Waals surface area contributed by atoms with Crippen molar-refractivity contribution in [3.05, 3.63) is 52.0 Å². The van der Waals surface area contributed by atoms with E-state index in [9.17, 15) is 4.79 Å². The zero-order valence-corrected chi connectivity index (χ0v) is 12.4. The number of aromatic nitrogens is 4. The molecule has 21 heavy (non-hydrogen) atoms. The Morgan fingerprint density at radius 3 is 2.71 bits per heavy atom. The fourth-order valence-electron chi connectivity index (χ4n) is 2.65. The Balaban J connectivity index is 1.55. The Hall–Kier alpha value is -2.08. The number of hydrogen-bond donors (Lipinski definition) is 0. The van der Waals surface area contributed by atoms with Crippen LogP contribution in [0.3, 0.4) is 0 Å². The summed E-state index contributed by atoms with van der Waals surface area (Å²) in [6, 6.07) is 3.34. The summed E-state index contributed by atoms with van der Waals surface area (Å²) in [6.07, 6.45) is 3.45. The van der Waals surface area contributed by atoms with Gasteiger partial charge in [-0.2, -0.15) is 5.10 Å². The monoisotopic (exact) mass is 285 g/mol. The van der Waals surface area contributed by atoms with Crippen LogP contribution < -0.4 is 5.56 Å². The minimum atomic E-state index is -0.0242. The molecule has 110 valence electrons. The van der Waals surface area contributed by atoms with Crippen LogP contribution in [0.4, 0.5) is 0 Å². The van der Waals surface area contributed by atoms with Crippen LogP contribution in [0.1, 0.15) is 17.1 Å². The van der Waals surface area contributed by atoms with Crippen LogP contribution in [0.5, 0.6) is 0 Å². The molecule has 6 nitrogen and oxygen atoms in total. The SMILES string of the molecule is Cc1ccc(=O)n(CC2CN(Cc3nccnc3C)C2)n1. The molecule has 0 bridgehead atoms. The molecule has 0 saturated carbocycles. The van der Waals surface area contributed by atoms with Crippen molar-refractivity contribution in [1.29, 1.82) is 0 Å². The van der Waals surface area contributed by atoms with Gasteiger partial charge in [0.1, 0.15) is 0 Å². The van der Waals surface area contributed by atoms with Crippen LogP contribution in [-0.2, 0) is 13.1 Å². The first-order valence-corrected chi connectivity index (χ1v) is 7.15. The van der Waals surface area contributed by atoms with Crippen molar-refractivity contribution >= 4 is 0 Å². The summed E-state index contributed by atoms with van der Waals surface area (Å²) in [5, 5.41) is 4.28. The number of nitrogens with zero attached hydrogens (tertiary/aromatic N) is 5. The maximum atomic E-state index is 11.7. The smallest absolute Gasteiger partial charge is 0.266 e. The van der Waals surface area contributed by atoms with Crippen molar-refractivity contribution in [2.75, 3.05) is 13.1 Å². The second kappa shape index (κ2) is 5.73. The van der Waals surface area contributed by atoms with Crippen molar-refractivity contribution in [3.8, 4) is 0 Å². The van der Waals surface area contributed by atoms with Crippen LogP contribution in [0.2, 0.25) is 0 Å². The van der Waals surface area contributed by atoms with Crippen LogP contribution in [0, 0.1) is 19.8 Å². The van der Waals surface area contributed by atoms with Gasteiger partial charge in [-0.05, 0) is 19.9 Å². The van der Waals surface area contributed by atoms with Crippen molar-refractivity contribution in [2.45, 2.75) is 26.9 Å². The molecular weight excluding hydrogens is 266 g/mol. The predicted molar refractivity (Wildman–Crippen MR) is 78.8 cm³/mol. The van der Waals surface area contributed by atoms with Crippen molar-refractivity contribution in [1.82, 2.24) is 24.6 Å². The summed E-state index contributed by atoms with van der Waals surface area (Å²) in [7, 11) is 0. The van der Waals surface area contributed by atoms with E-state index in [1.807, 2.05) is 13.8 Å². The largest absolute Gasteiger partial charge is 0.297 e. The number of likely N-dealkylation sites (tertiary alicyclic amines) is 1. The van der Waals surface area contributed by atoms with Gasteiger partial charge in [-0.25, -0.2) is 4.68 Å². The molecule has 0 radical (unpaired) electrons. The van der Waals surface area contributed by atoms with Gasteiger partial charge in [-0.15, -0.1) is 0 Å². The summed E-state index contributed by atoms with van der Waals surface area (Å²) in [5.41, 5.74) is 2.86. The highest BCUT2D eigenvalue weighted by molar-refractivity contribution is 5.08. The zero-order chi connectivity index (χ0) is 14.8. The molecule has 3 heterocycles. The number of aryl methyl sites for hydroxylation is 2. The molecular formula is C15H19N5O. The normalized spacial score (nSPS) is 15.9. The standard InChI is InChI=1S/C15H19N5O/c1-11-3-4-15(21)20(18-11)9-13-7-19(8-13)10-14-12(2)16-5-6-17-14/h3-6,13H,7-10H2,1-2H3. The summed E-state index contributed by atoms with van der Waals surface area (Å²) >= 11 is 0. The Kier molecular flexibility index (Phi) is 3.79. The van der Waals surface area contributed by atoms with Gasteiger partial charge in [-0.3, -0.25) is 19.7 Å². The Morgan fingerprint density at radius 2 is 1.95 bits per heavy atom. The number of hydrogen-bond acceptors (Lipinski definition) is 5. The molecule has 2 aromatic heterocycles. The van der Waals surface area contributed by atoms with Crippen molar-refractivity contribution in [2.24, 2.45) is 5.92 Å². The highest BCUT2D eigenvalue weighted by atomic mass is 16.1. The molecule has 6 heteroatoms. The Morgan fingerprint density at radius 1 is 1.19 bits per heavy atom. The van der Waals surface area contributed by atoms with E-state index in [1.165, 1.54) is 0 Å². The highest BCUT2D eigenvalue weighted by Crippen LogP contribution is 2.19. The van der Waals surface area contributed by atoms with E-state index in [4.69, 9.17) is 0 Å². The minimum absolute atomic E-state index is 0.0242. The third-order valence-electron chi connectivity index (χ3n) is 3.82. The van der Waals surface area contributed by atoms with Crippen molar-refractivity contribution < 1.29 is 0 Å². The van der Waals surface area contributed by atoms with E-state index < -0.39 is 0 Å². The van der Waals surface area contributed by atoms with Gasteiger partial charge >= 0.3 is 0 Å². The average Bonchev–Trinajstić information content (AvgIpc) is 2.42. The van der Waals surface area contributed by atoms with Gasteiger partial charge < -0.3 is 0 Å². The molecule has 1 saturated heterocycles. The highest BCUT2D eigenvalue weighted by Gasteiger charge is 2.28. The van der Waals surface area contributed by atoms with E-state index in [1.54, 1.807) is 29.2 Å². The Labute approximate surface area is 123 Å². The van der Waals surface area contributed by atoms with Gasteiger partial charge in [0.2, 0.25) is 0 Å². The molecule has 0 aliphatic carbocycles. The molecule has 1 aliphatic rings. The lowest BCUT2D eigenvalue weighted by Crippen LogP contribution is -2.49. The second-order valence-electron chi connectivity index (χ2n) is 5.64. The maximum Gasteiger partial charge on any atom is 0.266 e. The summed E-state index contributed by atoms with van der Waals surface area (Å²) in [4.78, 5) is 22.7. The van der Waals surface area contributed by atoms with E-state index in [-0.39, 0.29) is 5.56 Å². The van der Waals surface area contributed by atoms with Gasteiger partial charge in [-0.1, -0.05) is 0 Å². The van der Waals surface area contributed by atoms with E-state index in [0.29, 0.717) is 12.5 Å². The molecule has 0 atom stereocenters. The summed E-state index contributed by atoms with van der Waals surface area (Å²) < 4.78 is 1.57. The fraction of sp³-hybridized carbons (Fsp3) is 0.467. The van der Waals surface area contributed by atoms with Crippen molar-refractivity contribution in [3.63, 3.8) is 0 Å². The van der Waals surface area contributed by atoms with Crippen LogP contribution in [-0.4, -0.2) is 37.7 Å². The molecule has 3 rings (SSSR count). The molecule has 2 aromatic rings. The quantitative estimate of drug-likeness (QED) is 0.830. The first-order chi connectivity index (χ1) is 10.1. The predicted octanol–water partition coefficient (Wildman–Crippen LogP) is 0.782. The first kappa shape index (κ1) is 13.9. The Bertz CT molecular complexity index is 690. The minimum Gasteiger partial charge on any atom is -0.297 e. The van der Waals surface area contributed by atoms with Gasteiger partial charge in [0, 0.05) is 44.0 Å². The van der Waals surface area contributed by atoms with Gasteiger partial charge in [0.05, 0.1) is 23.6 Å². The lowest BCUT2D eigenvalue weighted by atomic mass is 10.00. The maximum absolute atomic E-state index is 11.7. The lowest BCUT2D eigenvalue weighted by molar-refractivity contribution is 0.0749. The molecule has 0 N–H and O–H groups in total. The number of rotatable bonds is 4. The third kappa shape index (κ3) is 3.16. The van der Waals surface area contributed by atoms with E-state index in [0.717, 1.165) is 36.7 Å². The first-order valence-electron chi connectivity index (χ1n) is 7.15. The van der Waals surface area contributed by atoms with Crippen LogP contribution in [0.25, 0.3) is 0 Å². The van der Waals surface area contributed by atoms with E-state index in [2.05, 4.69) is 20.0 Å². The lowest BCUT2D eigenvalue weighted by Gasteiger charge is -2.39. The molecule has 0 unspecified atom stereocenters. The van der Waals surface area contributed by atoms with Crippen LogP contribution >= 0.6 is 0 Å². The molecule has 1 fully saturated rings. The fourth-order valence-corrected chi connectivity index (χ4v) is 2.65. The average molecular weight is 285 g/mol. The zero-order valence-electron chi connectivity index (χ0n) is 12.4. The van der Waals surface area contributed by atoms with E-state index >= 15 is 0 Å². The summed E-state index contributed by atoms with van der Waals surface area (Å²) in [6.45, 7) is 7.34. The summed E-state index contributed by atoms with van der Waals surface area (Å²) in [5.74, 6) is 0.481. The molecule has 0 amide bonds. The second-order valence-corrected chi connectivity index (χ2v) is 5.64. The molecule has 1 aliphatic heterocycles. The topological polar surface area (TPSA) is 63.9 Å².